The number of aromatic nitrogens is 1. The third-order valence-electron chi connectivity index (χ3n) is 5.00. The van der Waals surface area contributed by atoms with E-state index in [2.05, 4.69) is 10.3 Å². The summed E-state index contributed by atoms with van der Waals surface area (Å²) in [5.41, 5.74) is 5.12. The molecular weight excluding hydrogens is 340 g/mol. The molecule has 5 nitrogen and oxygen atoms in total. The number of rotatable bonds is 5. The van der Waals surface area contributed by atoms with Crippen molar-refractivity contribution in [1.82, 2.24) is 10.3 Å². The molecule has 0 atom stereocenters. The van der Waals surface area contributed by atoms with Crippen LogP contribution in [0.1, 0.15) is 40.0 Å². The average Bonchev–Trinajstić information content (AvgIpc) is 3.09. The van der Waals surface area contributed by atoms with Gasteiger partial charge in [-0.3, -0.25) is 4.79 Å². The fourth-order valence-corrected chi connectivity index (χ4v) is 3.59. The van der Waals surface area contributed by atoms with Gasteiger partial charge in [-0.25, -0.2) is 4.79 Å². The summed E-state index contributed by atoms with van der Waals surface area (Å²) in [6.45, 7) is 0.133. The molecule has 1 aliphatic carbocycles. The Bertz CT molecular complexity index is 976. The van der Waals surface area contributed by atoms with Gasteiger partial charge in [0.05, 0.1) is 5.56 Å². The summed E-state index contributed by atoms with van der Waals surface area (Å²) in [5, 5.41) is 3.84. The second kappa shape index (κ2) is 7.66. The highest BCUT2D eigenvalue weighted by Crippen LogP contribution is 2.29. The summed E-state index contributed by atoms with van der Waals surface area (Å²) in [4.78, 5) is 27.7. The van der Waals surface area contributed by atoms with Crippen molar-refractivity contribution in [3.05, 3.63) is 70.9 Å². The second-order valence-corrected chi connectivity index (χ2v) is 6.89. The summed E-state index contributed by atoms with van der Waals surface area (Å²) in [6, 6.07) is 15.1. The fraction of sp³-hybridized carbons (Fsp3) is 0.273. The number of ether oxygens (including phenoxy) is 1. The van der Waals surface area contributed by atoms with Gasteiger partial charge in [-0.1, -0.05) is 30.3 Å². The predicted molar refractivity (Wildman–Crippen MR) is 104 cm³/mol. The maximum Gasteiger partial charge on any atom is 0.338 e. The van der Waals surface area contributed by atoms with E-state index in [1.807, 2.05) is 42.5 Å². The fourth-order valence-electron chi connectivity index (χ4n) is 3.59. The van der Waals surface area contributed by atoms with Crippen LogP contribution in [0.25, 0.3) is 10.9 Å². The van der Waals surface area contributed by atoms with Gasteiger partial charge in [-0.2, -0.15) is 0 Å². The van der Waals surface area contributed by atoms with Crippen LogP contribution in [-0.4, -0.2) is 23.5 Å². The Kier molecular flexibility index (Phi) is 4.92. The van der Waals surface area contributed by atoms with Gasteiger partial charge in [0.15, 0.2) is 6.61 Å². The summed E-state index contributed by atoms with van der Waals surface area (Å²) in [7, 11) is 0. The average molecular weight is 362 g/mol. The monoisotopic (exact) mass is 362 g/mol. The van der Waals surface area contributed by atoms with Crippen LogP contribution < -0.4 is 5.32 Å². The number of nitrogens with one attached hydrogen (secondary N) is 2. The highest BCUT2D eigenvalue weighted by molar-refractivity contribution is 5.97. The lowest BCUT2D eigenvalue weighted by Crippen LogP contribution is -2.28. The third-order valence-corrected chi connectivity index (χ3v) is 5.00. The Morgan fingerprint density at radius 2 is 1.85 bits per heavy atom. The van der Waals surface area contributed by atoms with E-state index < -0.39 is 5.97 Å². The van der Waals surface area contributed by atoms with Crippen LogP contribution in [0.15, 0.2) is 48.5 Å². The summed E-state index contributed by atoms with van der Waals surface area (Å²) >= 11 is 0. The van der Waals surface area contributed by atoms with Crippen LogP contribution in [-0.2, 0) is 28.9 Å². The van der Waals surface area contributed by atoms with Crippen molar-refractivity contribution < 1.29 is 14.3 Å². The lowest BCUT2D eigenvalue weighted by Gasteiger charge is -2.10. The number of carbonyl (C=O) groups is 2. The molecule has 138 valence electrons. The Hall–Kier alpha value is -3.08. The van der Waals surface area contributed by atoms with Crippen LogP contribution in [0.2, 0.25) is 0 Å². The molecule has 2 N–H and O–H groups in total. The smallest absolute Gasteiger partial charge is 0.338 e. The number of aryl methyl sites for hydroxylation is 2. The molecule has 2 aromatic carbocycles. The molecule has 0 fully saturated rings. The molecule has 4 rings (SSSR count). The van der Waals surface area contributed by atoms with E-state index in [0.29, 0.717) is 12.1 Å². The van der Waals surface area contributed by atoms with Crippen LogP contribution in [0.3, 0.4) is 0 Å². The molecule has 1 heterocycles. The largest absolute Gasteiger partial charge is 0.452 e. The first kappa shape index (κ1) is 17.3. The van der Waals surface area contributed by atoms with Crippen LogP contribution in [0, 0.1) is 0 Å². The topological polar surface area (TPSA) is 71.2 Å². The van der Waals surface area contributed by atoms with Crippen LogP contribution >= 0.6 is 0 Å². The zero-order valence-electron chi connectivity index (χ0n) is 15.1. The minimum Gasteiger partial charge on any atom is -0.452 e. The molecule has 1 aliphatic rings. The zero-order chi connectivity index (χ0) is 18.6. The third kappa shape index (κ3) is 3.87. The second-order valence-electron chi connectivity index (χ2n) is 6.89. The van der Waals surface area contributed by atoms with Crippen LogP contribution in [0.4, 0.5) is 0 Å². The summed E-state index contributed by atoms with van der Waals surface area (Å²) < 4.78 is 5.19. The van der Waals surface area contributed by atoms with Crippen molar-refractivity contribution in [2.45, 2.75) is 32.2 Å². The Labute approximate surface area is 157 Å². The number of benzene rings is 2. The number of esters is 1. The molecule has 5 heteroatoms. The van der Waals surface area contributed by atoms with Gasteiger partial charge in [-0.15, -0.1) is 0 Å². The maximum atomic E-state index is 12.3. The van der Waals surface area contributed by atoms with E-state index in [1.54, 1.807) is 6.07 Å². The van der Waals surface area contributed by atoms with Crippen molar-refractivity contribution >= 4 is 22.8 Å². The quantitative estimate of drug-likeness (QED) is 0.682. The van der Waals surface area contributed by atoms with E-state index >= 15 is 0 Å². The molecule has 1 amide bonds. The highest BCUT2D eigenvalue weighted by Gasteiger charge is 2.17. The number of carbonyl (C=O) groups excluding carboxylic acids is 2. The number of fused-ring (bicyclic) bond motifs is 3. The number of hydrogen-bond donors (Lipinski definition) is 2. The molecule has 0 saturated heterocycles. The van der Waals surface area contributed by atoms with Crippen LogP contribution in [0.5, 0.6) is 0 Å². The minimum absolute atomic E-state index is 0.283. The normalized spacial score (nSPS) is 13.2. The van der Waals surface area contributed by atoms with E-state index in [0.717, 1.165) is 29.3 Å². The Morgan fingerprint density at radius 3 is 2.70 bits per heavy atom. The van der Waals surface area contributed by atoms with E-state index in [-0.39, 0.29) is 12.5 Å². The molecule has 27 heavy (non-hydrogen) atoms. The van der Waals surface area contributed by atoms with Crippen molar-refractivity contribution in [1.29, 1.82) is 0 Å². The number of amides is 1. The SMILES string of the molecule is O=C(COC(=O)c1ccc2[nH]c3c(c2c1)CCCC3)NCc1ccccc1. The Balaban J connectivity index is 1.37. The van der Waals surface area contributed by atoms with E-state index in [4.69, 9.17) is 4.74 Å². The molecule has 0 spiro atoms. The van der Waals surface area contributed by atoms with Crippen molar-refractivity contribution in [2.24, 2.45) is 0 Å². The molecule has 0 radical (unpaired) electrons. The zero-order valence-corrected chi connectivity index (χ0v) is 15.1. The minimum atomic E-state index is -0.475. The van der Waals surface area contributed by atoms with E-state index in [9.17, 15) is 9.59 Å². The van der Waals surface area contributed by atoms with Crippen molar-refractivity contribution in [3.8, 4) is 0 Å². The highest BCUT2D eigenvalue weighted by atomic mass is 16.5. The van der Waals surface area contributed by atoms with Crippen molar-refractivity contribution in [3.63, 3.8) is 0 Å². The lowest BCUT2D eigenvalue weighted by atomic mass is 9.95. The van der Waals surface area contributed by atoms with Crippen molar-refractivity contribution in [2.75, 3.05) is 6.61 Å². The molecular formula is C22H22N2O3. The molecule has 0 unspecified atom stereocenters. The predicted octanol–water partition coefficient (Wildman–Crippen LogP) is 3.52. The summed E-state index contributed by atoms with van der Waals surface area (Å²) in [6.07, 6.45) is 4.48. The first-order chi connectivity index (χ1) is 13.2. The van der Waals surface area contributed by atoms with Gasteiger partial charge in [-0.05, 0) is 55.0 Å². The first-order valence-corrected chi connectivity index (χ1v) is 9.32. The molecule has 1 aromatic heterocycles. The number of aromatic amines is 1. The van der Waals surface area contributed by atoms with E-state index in [1.165, 1.54) is 24.1 Å². The Morgan fingerprint density at radius 1 is 1.04 bits per heavy atom. The van der Waals surface area contributed by atoms with Gasteiger partial charge in [0, 0.05) is 23.1 Å². The molecule has 0 saturated carbocycles. The molecule has 0 bridgehead atoms. The van der Waals surface area contributed by atoms with Gasteiger partial charge < -0.3 is 15.0 Å². The number of hydrogen-bond acceptors (Lipinski definition) is 3. The molecule has 0 aliphatic heterocycles. The molecule has 3 aromatic rings. The summed E-state index contributed by atoms with van der Waals surface area (Å²) in [5.74, 6) is -0.787. The maximum absolute atomic E-state index is 12.3. The standard InChI is InChI=1S/C22H22N2O3/c25-21(23-13-15-6-2-1-3-7-15)14-27-22(26)16-10-11-20-18(12-16)17-8-4-5-9-19(17)24-20/h1-3,6-7,10-12,24H,4-5,8-9,13-14H2,(H,23,25). The van der Waals surface area contributed by atoms with Gasteiger partial charge in [0.1, 0.15) is 0 Å². The van der Waals surface area contributed by atoms with Gasteiger partial charge >= 0.3 is 5.97 Å². The first-order valence-electron chi connectivity index (χ1n) is 9.32. The number of H-pyrrole nitrogens is 1. The lowest BCUT2D eigenvalue weighted by molar-refractivity contribution is -0.124. The van der Waals surface area contributed by atoms with Gasteiger partial charge in [0.25, 0.3) is 5.91 Å². The van der Waals surface area contributed by atoms with Gasteiger partial charge in [0.2, 0.25) is 0 Å².